The highest BCUT2D eigenvalue weighted by Crippen LogP contribution is 2.19. The minimum absolute atomic E-state index is 0.00659. The Morgan fingerprint density at radius 2 is 1.78 bits per heavy atom. The monoisotopic (exact) mass is 324 g/mol. The summed E-state index contributed by atoms with van der Waals surface area (Å²) in [6.45, 7) is 5.84. The predicted octanol–water partition coefficient (Wildman–Crippen LogP) is -0.301. The van der Waals surface area contributed by atoms with Gasteiger partial charge in [0.1, 0.15) is 12.1 Å². The van der Waals surface area contributed by atoms with Crippen molar-refractivity contribution in [2.24, 2.45) is 11.7 Å². The van der Waals surface area contributed by atoms with Gasteiger partial charge in [0, 0.05) is 19.6 Å². The molecule has 2 aliphatic rings. The quantitative estimate of drug-likeness (QED) is 0.726. The zero-order valence-electron chi connectivity index (χ0n) is 14.1. The maximum Gasteiger partial charge on any atom is 0.245 e. The van der Waals surface area contributed by atoms with Gasteiger partial charge in [-0.25, -0.2) is 0 Å². The minimum atomic E-state index is -0.531. The van der Waals surface area contributed by atoms with Crippen molar-refractivity contribution in [3.05, 3.63) is 0 Å². The van der Waals surface area contributed by atoms with E-state index >= 15 is 0 Å². The number of nitrogens with two attached hydrogens (primary N) is 1. The van der Waals surface area contributed by atoms with Crippen molar-refractivity contribution in [1.29, 1.82) is 0 Å². The van der Waals surface area contributed by atoms with Crippen LogP contribution in [0.5, 0.6) is 0 Å². The molecule has 3 N–H and O–H groups in total. The Kier molecular flexibility index (Phi) is 5.98. The molecule has 2 rings (SSSR count). The van der Waals surface area contributed by atoms with Gasteiger partial charge in [-0.2, -0.15) is 0 Å². The molecule has 0 aromatic heterocycles. The summed E-state index contributed by atoms with van der Waals surface area (Å²) in [7, 11) is 0. The zero-order chi connectivity index (χ0) is 17.0. The van der Waals surface area contributed by atoms with E-state index in [1.54, 1.807) is 0 Å². The Labute approximate surface area is 137 Å². The van der Waals surface area contributed by atoms with Gasteiger partial charge in [0.05, 0.1) is 6.54 Å². The third kappa shape index (κ3) is 4.02. The summed E-state index contributed by atoms with van der Waals surface area (Å²) in [6, 6.07) is -1.03. The van der Waals surface area contributed by atoms with Crippen LogP contribution in [-0.4, -0.2) is 65.8 Å². The second-order valence-corrected chi connectivity index (χ2v) is 6.71. The van der Waals surface area contributed by atoms with E-state index < -0.39 is 12.1 Å². The van der Waals surface area contributed by atoms with Crippen molar-refractivity contribution in [1.82, 2.24) is 15.1 Å². The van der Waals surface area contributed by atoms with Crippen molar-refractivity contribution in [2.75, 3.05) is 26.2 Å². The molecule has 7 heteroatoms. The molecular weight excluding hydrogens is 296 g/mol. The maximum atomic E-state index is 12.6. The third-order valence-electron chi connectivity index (χ3n) is 4.70. The Morgan fingerprint density at radius 1 is 1.13 bits per heavy atom. The Hall–Kier alpha value is -1.63. The van der Waals surface area contributed by atoms with Crippen molar-refractivity contribution in [3.8, 4) is 0 Å². The van der Waals surface area contributed by atoms with E-state index in [0.717, 1.165) is 32.4 Å². The van der Waals surface area contributed by atoms with Crippen molar-refractivity contribution < 1.29 is 14.4 Å². The number of hydrogen-bond donors (Lipinski definition) is 2. The van der Waals surface area contributed by atoms with Gasteiger partial charge in [0.25, 0.3) is 0 Å². The molecule has 2 fully saturated rings. The van der Waals surface area contributed by atoms with Crippen LogP contribution in [0.1, 0.15) is 39.5 Å². The van der Waals surface area contributed by atoms with Crippen molar-refractivity contribution >= 4 is 17.7 Å². The zero-order valence-corrected chi connectivity index (χ0v) is 14.1. The average Bonchev–Trinajstić information content (AvgIpc) is 3.21. The number of hydrogen-bond acceptors (Lipinski definition) is 4. The summed E-state index contributed by atoms with van der Waals surface area (Å²) in [4.78, 5) is 40.4. The highest BCUT2D eigenvalue weighted by Gasteiger charge is 2.37. The van der Waals surface area contributed by atoms with Crippen molar-refractivity contribution in [2.45, 2.75) is 51.6 Å². The lowest BCUT2D eigenvalue weighted by Crippen LogP contribution is -2.55. The van der Waals surface area contributed by atoms with Gasteiger partial charge in [0.15, 0.2) is 0 Å². The summed E-state index contributed by atoms with van der Waals surface area (Å²) in [6.07, 6.45) is 3.45. The van der Waals surface area contributed by atoms with E-state index in [0.29, 0.717) is 13.0 Å². The lowest BCUT2D eigenvalue weighted by atomic mass is 10.0. The van der Waals surface area contributed by atoms with Gasteiger partial charge in [0.2, 0.25) is 17.7 Å². The van der Waals surface area contributed by atoms with Crippen LogP contribution in [-0.2, 0) is 14.4 Å². The first-order valence-electron chi connectivity index (χ1n) is 8.54. The van der Waals surface area contributed by atoms with E-state index in [1.165, 1.54) is 4.90 Å². The molecule has 0 bridgehead atoms. The normalized spacial score (nSPS) is 22.5. The van der Waals surface area contributed by atoms with Crippen LogP contribution < -0.4 is 11.1 Å². The number of likely N-dealkylation sites (tertiary alicyclic amines) is 2. The summed E-state index contributed by atoms with van der Waals surface area (Å²) >= 11 is 0. The molecular formula is C16H28N4O3. The first-order chi connectivity index (χ1) is 11.0. The van der Waals surface area contributed by atoms with Crippen LogP contribution in [0.25, 0.3) is 0 Å². The number of carbonyl (C=O) groups excluding carboxylic acids is 3. The number of amides is 3. The molecule has 0 saturated carbocycles. The van der Waals surface area contributed by atoms with Gasteiger partial charge in [-0.05, 0) is 31.6 Å². The fourth-order valence-corrected chi connectivity index (χ4v) is 3.35. The Balaban J connectivity index is 2.02. The molecule has 0 spiro atoms. The molecule has 0 aromatic carbocycles. The Bertz CT molecular complexity index is 460. The molecule has 0 aromatic rings. The smallest absolute Gasteiger partial charge is 0.245 e. The van der Waals surface area contributed by atoms with E-state index in [4.69, 9.17) is 5.73 Å². The molecule has 0 unspecified atom stereocenters. The number of rotatable bonds is 5. The van der Waals surface area contributed by atoms with Crippen LogP contribution >= 0.6 is 0 Å². The molecule has 2 aliphatic heterocycles. The summed E-state index contributed by atoms with van der Waals surface area (Å²) < 4.78 is 0. The maximum absolute atomic E-state index is 12.6. The highest BCUT2D eigenvalue weighted by atomic mass is 16.2. The summed E-state index contributed by atoms with van der Waals surface area (Å²) in [5, 5.41) is 2.88. The lowest BCUT2D eigenvalue weighted by Gasteiger charge is -2.29. The third-order valence-corrected chi connectivity index (χ3v) is 4.70. The topological polar surface area (TPSA) is 95.7 Å². The minimum Gasteiger partial charge on any atom is -0.342 e. The molecule has 2 atom stereocenters. The van der Waals surface area contributed by atoms with Gasteiger partial charge in [-0.3, -0.25) is 14.4 Å². The highest BCUT2D eigenvalue weighted by molar-refractivity contribution is 5.92. The molecule has 0 aliphatic carbocycles. The molecule has 2 saturated heterocycles. The van der Waals surface area contributed by atoms with Crippen LogP contribution in [0.4, 0.5) is 0 Å². The van der Waals surface area contributed by atoms with E-state index in [-0.39, 0.29) is 30.2 Å². The second kappa shape index (κ2) is 7.77. The molecule has 23 heavy (non-hydrogen) atoms. The Morgan fingerprint density at radius 3 is 2.35 bits per heavy atom. The summed E-state index contributed by atoms with van der Waals surface area (Å²) in [5.74, 6) is -0.460. The molecule has 0 radical (unpaired) electrons. The predicted molar refractivity (Wildman–Crippen MR) is 86.4 cm³/mol. The van der Waals surface area contributed by atoms with E-state index in [1.807, 2.05) is 18.7 Å². The number of nitrogens with one attached hydrogen (secondary N) is 1. The fourth-order valence-electron chi connectivity index (χ4n) is 3.35. The van der Waals surface area contributed by atoms with E-state index in [9.17, 15) is 14.4 Å². The van der Waals surface area contributed by atoms with Crippen LogP contribution in [0.2, 0.25) is 0 Å². The van der Waals surface area contributed by atoms with Gasteiger partial charge < -0.3 is 20.9 Å². The fraction of sp³-hybridized carbons (Fsp3) is 0.812. The molecule has 130 valence electrons. The largest absolute Gasteiger partial charge is 0.342 e. The average molecular weight is 324 g/mol. The van der Waals surface area contributed by atoms with Crippen LogP contribution in [0, 0.1) is 5.92 Å². The summed E-state index contributed by atoms with van der Waals surface area (Å²) in [5.41, 5.74) is 5.41. The first kappa shape index (κ1) is 17.7. The number of carbonyl (C=O) groups is 3. The first-order valence-corrected chi connectivity index (χ1v) is 8.54. The molecule has 2 heterocycles. The van der Waals surface area contributed by atoms with E-state index in [2.05, 4.69) is 5.32 Å². The number of nitrogens with zero attached hydrogens (tertiary/aromatic N) is 2. The standard InChI is InChI=1S/C16H28N4O3/c1-11(2)14(16(23)19-7-3-4-8-19)18-15(22)12-6-5-9-20(12)13(21)10-17/h11-12,14H,3-10,17H2,1-2H3,(H,18,22)/t12-,14-/m0/s1. The van der Waals surface area contributed by atoms with Gasteiger partial charge in [-0.1, -0.05) is 13.8 Å². The van der Waals surface area contributed by atoms with Gasteiger partial charge in [-0.15, -0.1) is 0 Å². The van der Waals surface area contributed by atoms with Gasteiger partial charge >= 0.3 is 0 Å². The molecule has 7 nitrogen and oxygen atoms in total. The SMILES string of the molecule is CC(C)[C@H](NC(=O)[C@@H]1CCCN1C(=O)CN)C(=O)N1CCCC1. The second-order valence-electron chi connectivity index (χ2n) is 6.71. The van der Waals surface area contributed by atoms with Crippen LogP contribution in [0.3, 0.4) is 0 Å². The molecule has 3 amide bonds. The van der Waals surface area contributed by atoms with Crippen molar-refractivity contribution in [3.63, 3.8) is 0 Å². The van der Waals surface area contributed by atoms with Crippen LogP contribution in [0.15, 0.2) is 0 Å². The lowest BCUT2D eigenvalue weighted by molar-refractivity contribution is -0.140.